The van der Waals surface area contributed by atoms with E-state index in [4.69, 9.17) is 0 Å². The van der Waals surface area contributed by atoms with Crippen molar-refractivity contribution in [2.24, 2.45) is 0 Å². The van der Waals surface area contributed by atoms with Crippen LogP contribution in [-0.2, 0) is 5.41 Å². The summed E-state index contributed by atoms with van der Waals surface area (Å²) in [5.41, 5.74) is 0.264. The molecule has 3 aromatic rings. The van der Waals surface area contributed by atoms with Gasteiger partial charge in [-0.2, -0.15) is 0 Å². The van der Waals surface area contributed by atoms with Crippen molar-refractivity contribution < 1.29 is 4.79 Å². The van der Waals surface area contributed by atoms with Crippen LogP contribution < -0.4 is 10.9 Å². The smallest absolute Gasteiger partial charge is 0.271 e. The van der Waals surface area contributed by atoms with E-state index < -0.39 is 5.91 Å². The summed E-state index contributed by atoms with van der Waals surface area (Å²) >= 11 is 2.72. The van der Waals surface area contributed by atoms with Crippen LogP contribution >= 0.6 is 22.7 Å². The van der Waals surface area contributed by atoms with Crippen molar-refractivity contribution in [3.63, 3.8) is 0 Å². The molecule has 0 aliphatic heterocycles. The Labute approximate surface area is 146 Å². The molecule has 0 bridgehead atoms. The van der Waals surface area contributed by atoms with Gasteiger partial charge in [0.05, 0.1) is 0 Å². The zero-order valence-electron chi connectivity index (χ0n) is 14.0. The molecule has 0 aromatic carbocycles. The Balaban J connectivity index is 1.95. The number of fused-ring (bicyclic) bond motifs is 1. The molecule has 0 fully saturated rings. The third kappa shape index (κ3) is 2.84. The fraction of sp³-hybridized carbons (Fsp3) is 0.400. The highest BCUT2D eigenvalue weighted by Crippen LogP contribution is 2.27. The van der Waals surface area contributed by atoms with Gasteiger partial charge in [-0.3, -0.25) is 19.3 Å². The molecule has 24 heavy (non-hydrogen) atoms. The number of carbonyl (C=O) groups is 1. The van der Waals surface area contributed by atoms with Gasteiger partial charge in [0.25, 0.3) is 11.5 Å². The first-order valence-corrected chi connectivity index (χ1v) is 8.95. The van der Waals surface area contributed by atoms with E-state index in [1.165, 1.54) is 33.3 Å². The van der Waals surface area contributed by atoms with Crippen LogP contribution in [0.25, 0.3) is 4.96 Å². The average molecular weight is 363 g/mol. The first kappa shape index (κ1) is 16.7. The second kappa shape index (κ2) is 5.75. The first-order chi connectivity index (χ1) is 11.2. The highest BCUT2D eigenvalue weighted by molar-refractivity contribution is 7.17. The van der Waals surface area contributed by atoms with Crippen LogP contribution in [0, 0.1) is 13.8 Å². The fourth-order valence-corrected chi connectivity index (χ4v) is 3.80. The molecule has 0 saturated carbocycles. The second-order valence-corrected chi connectivity index (χ2v) is 8.61. The maximum atomic E-state index is 12.6. The lowest BCUT2D eigenvalue weighted by Gasteiger charge is -2.12. The van der Waals surface area contributed by atoms with Crippen molar-refractivity contribution in [2.75, 3.05) is 5.32 Å². The number of amides is 1. The highest BCUT2D eigenvalue weighted by Gasteiger charge is 2.22. The monoisotopic (exact) mass is 363 g/mol. The number of hydrogen-bond acceptors (Lipinski definition) is 7. The molecule has 126 valence electrons. The number of anilines is 1. The minimum absolute atomic E-state index is 0.0130. The lowest BCUT2D eigenvalue weighted by molar-refractivity contribution is 0.102. The highest BCUT2D eigenvalue weighted by atomic mass is 32.1. The molecule has 3 rings (SSSR count). The Morgan fingerprint density at radius 3 is 2.54 bits per heavy atom. The van der Waals surface area contributed by atoms with Crippen LogP contribution in [0.2, 0.25) is 0 Å². The Hall–Kier alpha value is -2.13. The average Bonchev–Trinajstić information content (AvgIpc) is 3.05. The maximum Gasteiger partial charge on any atom is 0.271 e. The van der Waals surface area contributed by atoms with Gasteiger partial charge in [0.2, 0.25) is 5.13 Å². The maximum absolute atomic E-state index is 12.6. The fourth-order valence-electron chi connectivity index (χ4n) is 2.07. The van der Waals surface area contributed by atoms with Crippen LogP contribution in [-0.4, -0.2) is 25.5 Å². The van der Waals surface area contributed by atoms with Crippen LogP contribution in [0.1, 0.15) is 46.7 Å². The third-order valence-corrected chi connectivity index (χ3v) is 5.89. The Morgan fingerprint density at radius 2 is 1.92 bits per heavy atom. The largest absolute Gasteiger partial charge is 0.296 e. The van der Waals surface area contributed by atoms with Crippen LogP contribution in [0.15, 0.2) is 11.0 Å². The van der Waals surface area contributed by atoms with E-state index in [0.717, 1.165) is 15.6 Å². The molecule has 7 nitrogen and oxygen atoms in total. The van der Waals surface area contributed by atoms with E-state index in [-0.39, 0.29) is 16.5 Å². The normalized spacial score (nSPS) is 11.9. The van der Waals surface area contributed by atoms with Gasteiger partial charge in [-0.25, -0.2) is 4.98 Å². The minimum atomic E-state index is -0.526. The number of hydrogen-bond donors (Lipinski definition) is 1. The van der Waals surface area contributed by atoms with Crippen LogP contribution in [0.5, 0.6) is 0 Å². The van der Waals surface area contributed by atoms with Gasteiger partial charge >= 0.3 is 0 Å². The van der Waals surface area contributed by atoms with Crippen molar-refractivity contribution in [2.45, 2.75) is 40.0 Å². The molecule has 0 aliphatic carbocycles. The molecule has 0 spiro atoms. The van der Waals surface area contributed by atoms with E-state index in [1.807, 2.05) is 34.6 Å². The summed E-state index contributed by atoms with van der Waals surface area (Å²) in [4.78, 5) is 30.8. The van der Waals surface area contributed by atoms with Gasteiger partial charge < -0.3 is 0 Å². The Kier molecular flexibility index (Phi) is 4.00. The molecule has 3 aromatic heterocycles. The summed E-state index contributed by atoms with van der Waals surface area (Å²) in [6.07, 6.45) is 1.31. The number of carbonyl (C=O) groups excluding carboxylic acids is 1. The number of aryl methyl sites for hydroxylation is 2. The molecular weight excluding hydrogens is 346 g/mol. The van der Waals surface area contributed by atoms with E-state index >= 15 is 0 Å². The van der Waals surface area contributed by atoms with Crippen LogP contribution in [0.4, 0.5) is 5.13 Å². The molecular formula is C15H17N5O2S2. The number of rotatable bonds is 2. The first-order valence-electron chi connectivity index (χ1n) is 7.31. The summed E-state index contributed by atoms with van der Waals surface area (Å²) in [6.45, 7) is 9.81. The topological polar surface area (TPSA) is 89.2 Å². The Bertz CT molecular complexity index is 994. The van der Waals surface area contributed by atoms with Gasteiger partial charge in [-0.15, -0.1) is 21.5 Å². The van der Waals surface area contributed by atoms with Crippen molar-refractivity contribution in [1.82, 2.24) is 19.6 Å². The zero-order chi connectivity index (χ0) is 17.6. The summed E-state index contributed by atoms with van der Waals surface area (Å²) in [7, 11) is 0. The second-order valence-electron chi connectivity index (χ2n) is 6.46. The van der Waals surface area contributed by atoms with E-state index in [2.05, 4.69) is 20.5 Å². The summed E-state index contributed by atoms with van der Waals surface area (Å²) in [5.74, 6) is -0.526. The van der Waals surface area contributed by atoms with Crippen molar-refractivity contribution >= 4 is 38.7 Å². The predicted molar refractivity (Wildman–Crippen MR) is 95.4 cm³/mol. The van der Waals surface area contributed by atoms with E-state index in [1.54, 1.807) is 0 Å². The summed E-state index contributed by atoms with van der Waals surface area (Å²) in [5, 5.41) is 11.9. The molecule has 0 radical (unpaired) electrons. The number of nitrogens with one attached hydrogen (secondary N) is 1. The zero-order valence-corrected chi connectivity index (χ0v) is 15.6. The number of thiazole rings is 1. The summed E-state index contributed by atoms with van der Waals surface area (Å²) < 4.78 is 1.47. The predicted octanol–water partition coefficient (Wildman–Crippen LogP) is 2.77. The van der Waals surface area contributed by atoms with Gasteiger partial charge in [0, 0.05) is 22.2 Å². The SMILES string of the molecule is Cc1sc2ncc(C(=O)Nc3nnc(C(C)(C)C)s3)c(=O)n2c1C. The van der Waals surface area contributed by atoms with Gasteiger partial charge in [0.15, 0.2) is 4.96 Å². The molecule has 0 saturated heterocycles. The van der Waals surface area contributed by atoms with Crippen molar-refractivity contribution in [3.8, 4) is 0 Å². The van der Waals surface area contributed by atoms with Crippen LogP contribution in [0.3, 0.4) is 0 Å². The van der Waals surface area contributed by atoms with Gasteiger partial charge in [-0.05, 0) is 13.8 Å². The Morgan fingerprint density at radius 1 is 1.21 bits per heavy atom. The van der Waals surface area contributed by atoms with Gasteiger partial charge in [-0.1, -0.05) is 32.1 Å². The van der Waals surface area contributed by atoms with Crippen molar-refractivity contribution in [1.29, 1.82) is 0 Å². The molecule has 3 heterocycles. The van der Waals surface area contributed by atoms with Gasteiger partial charge in [0.1, 0.15) is 10.6 Å². The molecule has 0 aliphatic rings. The quantitative estimate of drug-likeness (QED) is 0.756. The van der Waals surface area contributed by atoms with E-state index in [9.17, 15) is 9.59 Å². The summed E-state index contributed by atoms with van der Waals surface area (Å²) in [6, 6.07) is 0. The number of aromatic nitrogens is 4. The molecule has 1 amide bonds. The third-order valence-electron chi connectivity index (χ3n) is 3.55. The minimum Gasteiger partial charge on any atom is -0.296 e. The number of nitrogens with zero attached hydrogens (tertiary/aromatic N) is 4. The van der Waals surface area contributed by atoms with E-state index in [0.29, 0.717) is 10.1 Å². The molecule has 9 heteroatoms. The molecule has 0 unspecified atom stereocenters. The standard InChI is InChI=1S/C15H17N5O2S2/c1-7-8(2)23-14-16-6-9(11(22)20(7)14)10(21)17-13-19-18-12(24-13)15(3,4)5/h6H,1-5H3,(H,17,19,21). The van der Waals surface area contributed by atoms with Crippen molar-refractivity contribution in [3.05, 3.63) is 37.7 Å². The lowest BCUT2D eigenvalue weighted by Crippen LogP contribution is -2.26. The molecule has 0 atom stereocenters. The lowest BCUT2D eigenvalue weighted by atomic mass is 9.98. The molecule has 1 N–H and O–H groups in total.